The number of aryl methyl sites for hydroxylation is 2. The summed E-state index contributed by atoms with van der Waals surface area (Å²) >= 11 is 0. The van der Waals surface area contributed by atoms with Crippen LogP contribution in [-0.4, -0.2) is 36.8 Å². The molecule has 2 atom stereocenters. The highest BCUT2D eigenvalue weighted by Gasteiger charge is 2.35. The van der Waals surface area contributed by atoms with E-state index >= 15 is 0 Å². The van der Waals surface area contributed by atoms with E-state index in [1.807, 2.05) is 40.1 Å². The Labute approximate surface area is 117 Å². The third-order valence-corrected chi connectivity index (χ3v) is 4.40. The van der Waals surface area contributed by atoms with Crippen molar-refractivity contribution < 1.29 is 9.84 Å². The maximum absolute atomic E-state index is 10.8. The Morgan fingerprint density at radius 1 is 1.26 bits per heavy atom. The number of nitrogens with zero attached hydrogens (tertiary/aromatic N) is 1. The van der Waals surface area contributed by atoms with E-state index in [9.17, 15) is 5.11 Å². The number of methoxy groups -OCH3 is 1. The number of benzene rings is 1. The lowest BCUT2D eigenvalue weighted by molar-refractivity contribution is 0.000452. The van der Waals surface area contributed by atoms with E-state index in [1.54, 1.807) is 7.11 Å². The number of rotatable bonds is 5. The molecule has 0 saturated carbocycles. The molecule has 1 aromatic rings. The Kier molecular flexibility index (Phi) is 4.99. The van der Waals surface area contributed by atoms with E-state index in [4.69, 9.17) is 4.74 Å². The van der Waals surface area contributed by atoms with Crippen LogP contribution in [0.5, 0.6) is 5.75 Å². The number of ether oxygens (including phenoxy) is 1. The van der Waals surface area contributed by atoms with Crippen molar-refractivity contribution in [2.24, 2.45) is 0 Å². The normalized spacial score (nSPS) is 16.3. The number of hydrogen-bond acceptors (Lipinski definition) is 3. The smallest absolute Gasteiger partial charge is 0.122 e. The second kappa shape index (κ2) is 5.93. The van der Waals surface area contributed by atoms with Crippen molar-refractivity contribution in [2.45, 2.75) is 45.8 Å². The van der Waals surface area contributed by atoms with Crippen molar-refractivity contribution >= 4 is 0 Å². The second-order valence-electron chi connectivity index (χ2n) is 5.69. The summed E-state index contributed by atoms with van der Waals surface area (Å²) in [6, 6.07) is 4.04. The molecule has 0 aliphatic heterocycles. The fourth-order valence-electron chi connectivity index (χ4n) is 2.42. The molecule has 1 aromatic carbocycles. The first-order chi connectivity index (χ1) is 8.77. The van der Waals surface area contributed by atoms with Gasteiger partial charge in [-0.05, 0) is 70.1 Å². The molecule has 3 heteroatoms. The maximum Gasteiger partial charge on any atom is 0.122 e. The Bertz CT molecular complexity index is 443. The molecular formula is C16H27NO2. The quantitative estimate of drug-likeness (QED) is 0.888. The minimum atomic E-state index is -0.517. The zero-order chi connectivity index (χ0) is 14.8. The molecule has 0 fully saturated rings. The summed E-state index contributed by atoms with van der Waals surface area (Å²) in [5, 5.41) is 10.8. The predicted octanol–water partition coefficient (Wildman–Crippen LogP) is 3.08. The standard InChI is InChI=1S/C16H27NO2/c1-8-16(4,17(5)6)15(18)13-9-12(3)14(19-7)10-11(13)2/h9-10,15,18H,8H2,1-7H3. The predicted molar refractivity (Wildman–Crippen MR) is 79.8 cm³/mol. The van der Waals surface area contributed by atoms with Gasteiger partial charge in [0.05, 0.1) is 13.2 Å². The van der Waals surface area contributed by atoms with E-state index in [2.05, 4.69) is 18.7 Å². The molecule has 1 rings (SSSR count). The third-order valence-electron chi connectivity index (χ3n) is 4.40. The largest absolute Gasteiger partial charge is 0.496 e. The maximum atomic E-state index is 10.8. The molecular weight excluding hydrogens is 238 g/mol. The third kappa shape index (κ3) is 2.93. The van der Waals surface area contributed by atoms with E-state index < -0.39 is 6.10 Å². The van der Waals surface area contributed by atoms with Gasteiger partial charge in [-0.2, -0.15) is 0 Å². The monoisotopic (exact) mass is 265 g/mol. The van der Waals surface area contributed by atoms with Crippen LogP contribution in [0.3, 0.4) is 0 Å². The minimum absolute atomic E-state index is 0.272. The molecule has 0 aliphatic rings. The Morgan fingerprint density at radius 3 is 2.26 bits per heavy atom. The van der Waals surface area contributed by atoms with Crippen molar-refractivity contribution in [3.63, 3.8) is 0 Å². The molecule has 0 bridgehead atoms. The fraction of sp³-hybridized carbons (Fsp3) is 0.625. The summed E-state index contributed by atoms with van der Waals surface area (Å²) in [7, 11) is 5.70. The van der Waals surface area contributed by atoms with Gasteiger partial charge in [-0.3, -0.25) is 0 Å². The lowest BCUT2D eigenvalue weighted by Crippen LogP contribution is -2.46. The first-order valence-electron chi connectivity index (χ1n) is 6.78. The molecule has 0 aliphatic carbocycles. The molecule has 3 nitrogen and oxygen atoms in total. The molecule has 0 amide bonds. The van der Waals surface area contributed by atoms with Gasteiger partial charge in [-0.15, -0.1) is 0 Å². The number of likely N-dealkylation sites (N-methyl/N-ethyl adjacent to an activating group) is 1. The number of aliphatic hydroxyl groups is 1. The van der Waals surface area contributed by atoms with E-state index in [-0.39, 0.29) is 5.54 Å². The zero-order valence-electron chi connectivity index (χ0n) is 13.2. The van der Waals surface area contributed by atoms with Gasteiger partial charge in [-0.1, -0.05) is 6.92 Å². The molecule has 108 valence electrons. The Hall–Kier alpha value is -1.06. The van der Waals surface area contributed by atoms with Gasteiger partial charge in [0.2, 0.25) is 0 Å². The first-order valence-corrected chi connectivity index (χ1v) is 6.78. The average Bonchev–Trinajstić information content (AvgIpc) is 2.38. The van der Waals surface area contributed by atoms with Gasteiger partial charge in [-0.25, -0.2) is 0 Å². The van der Waals surface area contributed by atoms with Crippen LogP contribution in [0.1, 0.15) is 43.1 Å². The zero-order valence-corrected chi connectivity index (χ0v) is 13.2. The van der Waals surface area contributed by atoms with Crippen LogP contribution in [0.15, 0.2) is 12.1 Å². The number of aliphatic hydroxyl groups excluding tert-OH is 1. The van der Waals surface area contributed by atoms with Crippen molar-refractivity contribution in [1.29, 1.82) is 0 Å². The summed E-state index contributed by atoms with van der Waals surface area (Å²) in [5.41, 5.74) is 2.83. The lowest BCUT2D eigenvalue weighted by atomic mass is 9.83. The van der Waals surface area contributed by atoms with Gasteiger partial charge in [0.25, 0.3) is 0 Å². The SMILES string of the molecule is CCC(C)(C(O)c1cc(C)c(OC)cc1C)N(C)C. The van der Waals surface area contributed by atoms with Gasteiger partial charge in [0, 0.05) is 5.54 Å². The van der Waals surface area contributed by atoms with Crippen LogP contribution in [0.4, 0.5) is 0 Å². The summed E-state index contributed by atoms with van der Waals surface area (Å²) < 4.78 is 5.33. The molecule has 0 spiro atoms. The molecule has 0 saturated heterocycles. The van der Waals surface area contributed by atoms with Gasteiger partial charge >= 0.3 is 0 Å². The van der Waals surface area contributed by atoms with Crippen molar-refractivity contribution in [3.8, 4) is 5.75 Å². The first kappa shape index (κ1) is 16.0. The number of hydrogen-bond donors (Lipinski definition) is 1. The van der Waals surface area contributed by atoms with Crippen LogP contribution in [0.25, 0.3) is 0 Å². The van der Waals surface area contributed by atoms with Crippen LogP contribution in [0, 0.1) is 13.8 Å². The van der Waals surface area contributed by atoms with Gasteiger partial charge in [0.1, 0.15) is 5.75 Å². The topological polar surface area (TPSA) is 32.7 Å². The van der Waals surface area contributed by atoms with Crippen LogP contribution in [-0.2, 0) is 0 Å². The summed E-state index contributed by atoms with van der Waals surface area (Å²) in [5.74, 6) is 0.872. The molecule has 0 heterocycles. The van der Waals surface area contributed by atoms with Crippen LogP contribution < -0.4 is 4.74 Å². The average molecular weight is 265 g/mol. The Balaban J connectivity index is 3.26. The van der Waals surface area contributed by atoms with Gasteiger partial charge in [0.15, 0.2) is 0 Å². The van der Waals surface area contributed by atoms with Crippen LogP contribution >= 0.6 is 0 Å². The molecule has 0 radical (unpaired) electrons. The summed E-state index contributed by atoms with van der Waals surface area (Å²) in [6.45, 7) is 8.23. The summed E-state index contributed by atoms with van der Waals surface area (Å²) in [6.07, 6.45) is 0.364. The lowest BCUT2D eigenvalue weighted by Gasteiger charge is -2.40. The Morgan fingerprint density at radius 2 is 1.84 bits per heavy atom. The molecule has 1 N–H and O–H groups in total. The van der Waals surface area contributed by atoms with Gasteiger partial charge < -0.3 is 14.7 Å². The van der Waals surface area contributed by atoms with E-state index in [0.717, 1.165) is 28.9 Å². The fourth-order valence-corrected chi connectivity index (χ4v) is 2.42. The van der Waals surface area contributed by atoms with Crippen molar-refractivity contribution in [1.82, 2.24) is 4.90 Å². The van der Waals surface area contributed by atoms with Crippen molar-refractivity contribution in [2.75, 3.05) is 21.2 Å². The van der Waals surface area contributed by atoms with E-state index in [0.29, 0.717) is 0 Å². The highest BCUT2D eigenvalue weighted by atomic mass is 16.5. The van der Waals surface area contributed by atoms with E-state index in [1.165, 1.54) is 0 Å². The van der Waals surface area contributed by atoms with Crippen molar-refractivity contribution in [3.05, 3.63) is 28.8 Å². The van der Waals surface area contributed by atoms with Crippen LogP contribution in [0.2, 0.25) is 0 Å². The molecule has 2 unspecified atom stereocenters. The summed E-state index contributed by atoms with van der Waals surface area (Å²) in [4.78, 5) is 2.09. The minimum Gasteiger partial charge on any atom is -0.496 e. The highest BCUT2D eigenvalue weighted by molar-refractivity contribution is 5.43. The highest BCUT2D eigenvalue weighted by Crippen LogP contribution is 2.36. The molecule has 0 aromatic heterocycles. The molecule has 19 heavy (non-hydrogen) atoms. The second-order valence-corrected chi connectivity index (χ2v) is 5.69.